The number of hydrogen-bond donors (Lipinski definition) is 0. The molecule has 1 unspecified atom stereocenters. The number of rotatable bonds is 2. The van der Waals surface area contributed by atoms with E-state index in [9.17, 15) is 4.79 Å². The molecule has 0 N–H and O–H groups in total. The molecule has 0 heterocycles. The second-order valence-corrected chi connectivity index (χ2v) is 5.08. The van der Waals surface area contributed by atoms with Gasteiger partial charge in [-0.3, -0.25) is 0 Å². The first-order valence-corrected chi connectivity index (χ1v) is 5.44. The van der Waals surface area contributed by atoms with Gasteiger partial charge in [0.05, 0.1) is 0 Å². The molecule has 90 valence electrons. The Morgan fingerprint density at radius 3 is 2.44 bits per heavy atom. The van der Waals surface area contributed by atoms with E-state index in [1.165, 1.54) is 7.11 Å². The molecule has 0 aromatic heterocycles. The van der Waals surface area contributed by atoms with Gasteiger partial charge in [-0.15, -0.1) is 0 Å². The highest BCUT2D eigenvalue weighted by atomic mass is 16.6. The highest BCUT2D eigenvalue weighted by Crippen LogP contribution is 2.27. The first-order chi connectivity index (χ1) is 7.29. The van der Waals surface area contributed by atoms with E-state index in [2.05, 4.69) is 0 Å². The van der Waals surface area contributed by atoms with E-state index in [4.69, 9.17) is 9.47 Å². The van der Waals surface area contributed by atoms with Crippen molar-refractivity contribution in [3.05, 3.63) is 23.8 Å². The van der Waals surface area contributed by atoms with Gasteiger partial charge in [0.25, 0.3) is 0 Å². The molecular weight excluding hydrogens is 204 g/mol. The van der Waals surface area contributed by atoms with E-state index < -0.39 is 11.2 Å². The number of ether oxygens (including phenoxy) is 2. The SMILES string of the molecule is COC1(C(=O)OC(C)(C)C)C=CC(C)=CC1. The minimum Gasteiger partial charge on any atom is -0.458 e. The van der Waals surface area contributed by atoms with Crippen LogP contribution in [0.4, 0.5) is 0 Å². The Kier molecular flexibility index (Phi) is 3.58. The van der Waals surface area contributed by atoms with Gasteiger partial charge in [0.1, 0.15) is 5.60 Å². The summed E-state index contributed by atoms with van der Waals surface area (Å²) in [5, 5.41) is 0. The second kappa shape index (κ2) is 4.42. The van der Waals surface area contributed by atoms with Crippen LogP contribution in [0.3, 0.4) is 0 Å². The molecule has 0 fully saturated rings. The Hall–Kier alpha value is -1.09. The lowest BCUT2D eigenvalue weighted by Gasteiger charge is -2.31. The third-order valence-corrected chi connectivity index (χ3v) is 2.45. The molecule has 0 aliphatic heterocycles. The Bertz CT molecular complexity index is 334. The fraction of sp³-hybridized carbons (Fsp3) is 0.615. The lowest BCUT2D eigenvalue weighted by molar-refractivity contribution is -0.174. The summed E-state index contributed by atoms with van der Waals surface area (Å²) in [7, 11) is 1.53. The smallest absolute Gasteiger partial charge is 0.343 e. The van der Waals surface area contributed by atoms with Gasteiger partial charge in [0.2, 0.25) is 0 Å². The molecule has 1 atom stereocenters. The van der Waals surface area contributed by atoms with Crippen molar-refractivity contribution in [1.29, 1.82) is 0 Å². The van der Waals surface area contributed by atoms with Gasteiger partial charge in [-0.05, 0) is 33.8 Å². The highest BCUT2D eigenvalue weighted by Gasteiger charge is 2.39. The highest BCUT2D eigenvalue weighted by molar-refractivity contribution is 5.83. The summed E-state index contributed by atoms with van der Waals surface area (Å²) in [6, 6.07) is 0. The van der Waals surface area contributed by atoms with Crippen molar-refractivity contribution in [2.24, 2.45) is 0 Å². The van der Waals surface area contributed by atoms with Crippen LogP contribution in [0, 0.1) is 0 Å². The maximum Gasteiger partial charge on any atom is 0.343 e. The zero-order valence-corrected chi connectivity index (χ0v) is 10.7. The van der Waals surface area contributed by atoms with Crippen LogP contribution in [0.2, 0.25) is 0 Å². The van der Waals surface area contributed by atoms with E-state index in [0.29, 0.717) is 6.42 Å². The molecule has 1 aliphatic carbocycles. The molecule has 0 radical (unpaired) electrons. The molecule has 0 amide bonds. The van der Waals surface area contributed by atoms with Crippen molar-refractivity contribution in [2.45, 2.75) is 45.3 Å². The summed E-state index contributed by atoms with van der Waals surface area (Å²) in [4.78, 5) is 12.0. The Labute approximate surface area is 97.1 Å². The van der Waals surface area contributed by atoms with E-state index >= 15 is 0 Å². The molecule has 0 aromatic carbocycles. The zero-order chi connectivity index (χ0) is 12.4. The minimum atomic E-state index is -0.952. The summed E-state index contributed by atoms with van der Waals surface area (Å²) >= 11 is 0. The molecule has 0 bridgehead atoms. The standard InChI is InChI=1S/C13H20O3/c1-10-6-8-13(15-5,9-7-10)11(14)16-12(2,3)4/h6-8H,9H2,1-5H3. The van der Waals surface area contributed by atoms with Crippen molar-refractivity contribution < 1.29 is 14.3 Å². The molecular formula is C13H20O3. The van der Waals surface area contributed by atoms with E-state index in [1.807, 2.05) is 39.8 Å². The maximum atomic E-state index is 12.0. The van der Waals surface area contributed by atoms with Crippen molar-refractivity contribution in [1.82, 2.24) is 0 Å². The van der Waals surface area contributed by atoms with Crippen LogP contribution in [0.1, 0.15) is 34.1 Å². The third-order valence-electron chi connectivity index (χ3n) is 2.45. The van der Waals surface area contributed by atoms with Crippen molar-refractivity contribution in [2.75, 3.05) is 7.11 Å². The number of carbonyl (C=O) groups is 1. The van der Waals surface area contributed by atoms with E-state index in [-0.39, 0.29) is 5.97 Å². The average Bonchev–Trinajstić information content (AvgIpc) is 2.17. The van der Waals surface area contributed by atoms with Crippen LogP contribution in [-0.4, -0.2) is 24.3 Å². The lowest BCUT2D eigenvalue weighted by atomic mass is 9.92. The van der Waals surface area contributed by atoms with Crippen LogP contribution in [0.15, 0.2) is 23.8 Å². The van der Waals surface area contributed by atoms with Crippen molar-refractivity contribution in [3.8, 4) is 0 Å². The molecule has 1 rings (SSSR count). The second-order valence-electron chi connectivity index (χ2n) is 5.08. The number of carbonyl (C=O) groups excluding carboxylic acids is 1. The van der Waals surface area contributed by atoms with Crippen LogP contribution >= 0.6 is 0 Å². The summed E-state index contributed by atoms with van der Waals surface area (Å²) in [5.41, 5.74) is -0.310. The molecule has 0 spiro atoms. The number of esters is 1. The molecule has 1 aliphatic rings. The van der Waals surface area contributed by atoms with Gasteiger partial charge in [-0.1, -0.05) is 17.7 Å². The molecule has 0 saturated heterocycles. The largest absolute Gasteiger partial charge is 0.458 e. The topological polar surface area (TPSA) is 35.5 Å². The van der Waals surface area contributed by atoms with Crippen LogP contribution in [0.25, 0.3) is 0 Å². The Balaban J connectivity index is 2.83. The van der Waals surface area contributed by atoms with Gasteiger partial charge in [0, 0.05) is 13.5 Å². The van der Waals surface area contributed by atoms with Gasteiger partial charge < -0.3 is 9.47 Å². The fourth-order valence-electron chi connectivity index (χ4n) is 1.47. The zero-order valence-electron chi connectivity index (χ0n) is 10.7. The van der Waals surface area contributed by atoms with Crippen molar-refractivity contribution >= 4 is 5.97 Å². The predicted molar refractivity (Wildman–Crippen MR) is 63.1 cm³/mol. The van der Waals surface area contributed by atoms with Gasteiger partial charge in [-0.25, -0.2) is 4.79 Å². The Morgan fingerprint density at radius 2 is 2.06 bits per heavy atom. The van der Waals surface area contributed by atoms with E-state index in [1.54, 1.807) is 6.08 Å². The number of methoxy groups -OCH3 is 1. The summed E-state index contributed by atoms with van der Waals surface area (Å²) < 4.78 is 10.7. The molecule has 0 aromatic rings. The molecule has 3 heteroatoms. The molecule has 3 nitrogen and oxygen atoms in total. The average molecular weight is 224 g/mol. The number of allylic oxidation sites excluding steroid dienone is 2. The Morgan fingerprint density at radius 1 is 1.44 bits per heavy atom. The summed E-state index contributed by atoms with van der Waals surface area (Å²) in [6.07, 6.45) is 6.17. The first kappa shape index (κ1) is 13.0. The van der Waals surface area contributed by atoms with Crippen molar-refractivity contribution in [3.63, 3.8) is 0 Å². The van der Waals surface area contributed by atoms with Gasteiger partial charge in [0.15, 0.2) is 5.60 Å². The van der Waals surface area contributed by atoms with Gasteiger partial charge in [-0.2, -0.15) is 0 Å². The quantitative estimate of drug-likeness (QED) is 0.676. The van der Waals surface area contributed by atoms with E-state index in [0.717, 1.165) is 5.57 Å². The number of hydrogen-bond acceptors (Lipinski definition) is 3. The van der Waals surface area contributed by atoms with Crippen LogP contribution in [0.5, 0.6) is 0 Å². The predicted octanol–water partition coefficient (Wildman–Crippen LogP) is 2.62. The van der Waals surface area contributed by atoms with Gasteiger partial charge >= 0.3 is 5.97 Å². The monoisotopic (exact) mass is 224 g/mol. The summed E-state index contributed by atoms with van der Waals surface area (Å²) in [5.74, 6) is -0.331. The van der Waals surface area contributed by atoms with Crippen LogP contribution < -0.4 is 0 Å². The molecule has 0 saturated carbocycles. The fourth-order valence-corrected chi connectivity index (χ4v) is 1.47. The normalized spacial score (nSPS) is 25.2. The lowest BCUT2D eigenvalue weighted by Crippen LogP contribution is -2.44. The first-order valence-electron chi connectivity index (χ1n) is 5.44. The summed E-state index contributed by atoms with van der Waals surface area (Å²) in [6.45, 7) is 7.54. The third kappa shape index (κ3) is 2.95. The maximum absolute atomic E-state index is 12.0. The minimum absolute atomic E-state index is 0.331. The van der Waals surface area contributed by atoms with Crippen LogP contribution in [-0.2, 0) is 14.3 Å². The molecule has 16 heavy (non-hydrogen) atoms.